The van der Waals surface area contributed by atoms with Gasteiger partial charge in [-0.25, -0.2) is 9.78 Å². The third kappa shape index (κ3) is 4.21. The predicted octanol–water partition coefficient (Wildman–Crippen LogP) is 2.93. The number of anilines is 1. The van der Waals surface area contributed by atoms with Crippen LogP contribution in [0, 0.1) is 0 Å². The number of hydrogen-bond donors (Lipinski definition) is 1. The molecule has 1 amide bonds. The number of carbonyl (C=O) groups is 1. The molecule has 1 aromatic heterocycles. The van der Waals surface area contributed by atoms with Gasteiger partial charge in [0.2, 0.25) is 0 Å². The van der Waals surface area contributed by atoms with Crippen LogP contribution in [0.25, 0.3) is 0 Å². The third-order valence-electron chi connectivity index (χ3n) is 2.82. The summed E-state index contributed by atoms with van der Waals surface area (Å²) >= 11 is 0. The summed E-state index contributed by atoms with van der Waals surface area (Å²) in [4.78, 5) is 15.8. The van der Waals surface area contributed by atoms with Gasteiger partial charge in [0, 0.05) is 18.7 Å². The lowest BCUT2D eigenvalue weighted by Gasteiger charge is -2.19. The molecule has 1 aliphatic heterocycles. The molecule has 0 saturated carbocycles. The fourth-order valence-corrected chi connectivity index (χ4v) is 1.93. The Bertz CT molecular complexity index is 431. The summed E-state index contributed by atoms with van der Waals surface area (Å²) in [6, 6.07) is 3.76. The van der Waals surface area contributed by atoms with Crippen molar-refractivity contribution in [1.82, 2.24) is 4.98 Å². The van der Waals surface area contributed by atoms with E-state index in [4.69, 9.17) is 9.47 Å². The maximum absolute atomic E-state index is 11.6. The average molecular weight is 264 g/mol. The van der Waals surface area contributed by atoms with Crippen LogP contribution < -0.4 is 5.32 Å². The molecule has 0 aromatic carbocycles. The highest BCUT2D eigenvalue weighted by Gasteiger charge is 2.19. The minimum absolute atomic E-state index is 0.420. The first kappa shape index (κ1) is 13.8. The molecule has 5 nitrogen and oxygen atoms in total. The van der Waals surface area contributed by atoms with Crippen LogP contribution in [0.1, 0.15) is 38.7 Å². The van der Waals surface area contributed by atoms with Crippen LogP contribution in [0.2, 0.25) is 0 Å². The van der Waals surface area contributed by atoms with Gasteiger partial charge in [0.15, 0.2) is 0 Å². The molecule has 1 atom stereocenters. The lowest BCUT2D eigenvalue weighted by Crippen LogP contribution is -2.27. The van der Waals surface area contributed by atoms with E-state index in [9.17, 15) is 4.79 Å². The molecule has 0 spiro atoms. The largest absolute Gasteiger partial charge is 0.444 e. The molecule has 104 valence electrons. The van der Waals surface area contributed by atoms with Crippen molar-refractivity contribution in [2.24, 2.45) is 0 Å². The zero-order valence-electron chi connectivity index (χ0n) is 11.6. The quantitative estimate of drug-likeness (QED) is 0.892. The lowest BCUT2D eigenvalue weighted by atomic mass is 10.0. The molecule has 2 heterocycles. The second-order valence-corrected chi connectivity index (χ2v) is 5.66. The van der Waals surface area contributed by atoms with Gasteiger partial charge in [-0.2, -0.15) is 0 Å². The Morgan fingerprint density at radius 3 is 2.79 bits per heavy atom. The molecular formula is C14H20N2O3. The summed E-state index contributed by atoms with van der Waals surface area (Å²) in [5.74, 6) is 0.917. The topological polar surface area (TPSA) is 60.5 Å². The van der Waals surface area contributed by atoms with Crippen LogP contribution in [0.5, 0.6) is 0 Å². The van der Waals surface area contributed by atoms with E-state index in [1.165, 1.54) is 0 Å². The third-order valence-corrected chi connectivity index (χ3v) is 2.82. The normalized spacial score (nSPS) is 19.2. The highest BCUT2D eigenvalue weighted by atomic mass is 16.6. The van der Waals surface area contributed by atoms with E-state index in [1.807, 2.05) is 26.8 Å². The number of rotatable bonds is 2. The number of nitrogens with one attached hydrogen (secondary N) is 1. The van der Waals surface area contributed by atoms with E-state index in [0.717, 1.165) is 25.2 Å². The van der Waals surface area contributed by atoms with E-state index in [2.05, 4.69) is 10.3 Å². The van der Waals surface area contributed by atoms with Crippen LogP contribution in [0.4, 0.5) is 10.6 Å². The molecule has 1 aromatic rings. The van der Waals surface area contributed by atoms with Crippen molar-refractivity contribution in [2.45, 2.75) is 38.7 Å². The van der Waals surface area contributed by atoms with Gasteiger partial charge in [0.1, 0.15) is 11.4 Å². The van der Waals surface area contributed by atoms with Gasteiger partial charge in [-0.15, -0.1) is 0 Å². The molecule has 2 rings (SSSR count). The molecule has 19 heavy (non-hydrogen) atoms. The number of hydrogen-bond acceptors (Lipinski definition) is 4. The molecule has 1 unspecified atom stereocenters. The zero-order valence-corrected chi connectivity index (χ0v) is 11.6. The monoisotopic (exact) mass is 264 g/mol. The van der Waals surface area contributed by atoms with Crippen molar-refractivity contribution in [3.8, 4) is 0 Å². The van der Waals surface area contributed by atoms with Gasteiger partial charge < -0.3 is 9.47 Å². The number of pyridine rings is 1. The SMILES string of the molecule is CC(C)(C)OC(=O)Nc1ccc(C2CCOC2)cn1. The van der Waals surface area contributed by atoms with E-state index in [0.29, 0.717) is 11.7 Å². The second kappa shape index (κ2) is 5.57. The highest BCUT2D eigenvalue weighted by molar-refractivity contribution is 5.83. The minimum atomic E-state index is -0.509. The Kier molecular flexibility index (Phi) is 4.04. The van der Waals surface area contributed by atoms with Crippen LogP contribution in [-0.4, -0.2) is 29.9 Å². The maximum Gasteiger partial charge on any atom is 0.413 e. The summed E-state index contributed by atoms with van der Waals surface area (Å²) in [6.07, 6.45) is 2.32. The fraction of sp³-hybridized carbons (Fsp3) is 0.571. The number of nitrogens with zero attached hydrogens (tertiary/aromatic N) is 1. The van der Waals surface area contributed by atoms with Gasteiger partial charge in [0.05, 0.1) is 6.61 Å². The summed E-state index contributed by atoms with van der Waals surface area (Å²) in [5, 5.41) is 2.61. The Morgan fingerprint density at radius 1 is 1.47 bits per heavy atom. The first-order valence-corrected chi connectivity index (χ1v) is 6.48. The number of aromatic nitrogens is 1. The van der Waals surface area contributed by atoms with Gasteiger partial charge in [-0.3, -0.25) is 5.32 Å². The van der Waals surface area contributed by atoms with Crippen molar-refractivity contribution in [3.63, 3.8) is 0 Å². The smallest absolute Gasteiger partial charge is 0.413 e. The molecule has 1 aliphatic rings. The zero-order chi connectivity index (χ0) is 13.9. The lowest BCUT2D eigenvalue weighted by molar-refractivity contribution is 0.0635. The molecule has 5 heteroatoms. The Labute approximate surface area is 113 Å². The summed E-state index contributed by atoms with van der Waals surface area (Å²) in [6.45, 7) is 7.03. The van der Waals surface area contributed by atoms with Crippen LogP contribution in [0.3, 0.4) is 0 Å². The van der Waals surface area contributed by atoms with Crippen molar-refractivity contribution >= 4 is 11.9 Å². The van der Waals surface area contributed by atoms with Crippen molar-refractivity contribution in [3.05, 3.63) is 23.9 Å². The van der Waals surface area contributed by atoms with Crippen LogP contribution in [0.15, 0.2) is 18.3 Å². The first-order valence-electron chi connectivity index (χ1n) is 6.48. The van der Waals surface area contributed by atoms with Gasteiger partial charge in [-0.05, 0) is 38.8 Å². The fourth-order valence-electron chi connectivity index (χ4n) is 1.93. The van der Waals surface area contributed by atoms with Crippen molar-refractivity contribution in [1.29, 1.82) is 0 Å². The maximum atomic E-state index is 11.6. The highest BCUT2D eigenvalue weighted by Crippen LogP contribution is 2.25. The minimum Gasteiger partial charge on any atom is -0.444 e. The van der Waals surface area contributed by atoms with E-state index in [-0.39, 0.29) is 0 Å². The van der Waals surface area contributed by atoms with Crippen molar-refractivity contribution < 1.29 is 14.3 Å². The molecule has 0 bridgehead atoms. The molecule has 1 saturated heterocycles. The molecule has 0 aliphatic carbocycles. The first-order chi connectivity index (χ1) is 8.94. The summed E-state index contributed by atoms with van der Waals surface area (Å²) < 4.78 is 10.5. The molecule has 1 N–H and O–H groups in total. The predicted molar refractivity (Wildman–Crippen MR) is 72.3 cm³/mol. The van der Waals surface area contributed by atoms with Gasteiger partial charge in [-0.1, -0.05) is 6.07 Å². The average Bonchev–Trinajstić information content (AvgIpc) is 2.80. The molecule has 0 radical (unpaired) electrons. The second-order valence-electron chi connectivity index (χ2n) is 5.66. The molecular weight excluding hydrogens is 244 g/mol. The summed E-state index contributed by atoms with van der Waals surface area (Å²) in [7, 11) is 0. The Morgan fingerprint density at radius 2 is 2.26 bits per heavy atom. The Hall–Kier alpha value is -1.62. The van der Waals surface area contributed by atoms with E-state index < -0.39 is 11.7 Å². The van der Waals surface area contributed by atoms with Gasteiger partial charge >= 0.3 is 6.09 Å². The molecule has 1 fully saturated rings. The van der Waals surface area contributed by atoms with Crippen LogP contribution in [-0.2, 0) is 9.47 Å². The van der Waals surface area contributed by atoms with E-state index >= 15 is 0 Å². The number of ether oxygens (including phenoxy) is 2. The van der Waals surface area contributed by atoms with Crippen LogP contribution >= 0.6 is 0 Å². The Balaban J connectivity index is 1.93. The van der Waals surface area contributed by atoms with Crippen molar-refractivity contribution in [2.75, 3.05) is 18.5 Å². The van der Waals surface area contributed by atoms with Gasteiger partial charge in [0.25, 0.3) is 0 Å². The number of carbonyl (C=O) groups excluding carboxylic acids is 1. The standard InChI is InChI=1S/C14H20N2O3/c1-14(2,3)19-13(17)16-12-5-4-10(8-15-12)11-6-7-18-9-11/h4-5,8,11H,6-7,9H2,1-3H3,(H,15,16,17). The summed E-state index contributed by atoms with van der Waals surface area (Å²) in [5.41, 5.74) is 0.637. The van der Waals surface area contributed by atoms with E-state index in [1.54, 1.807) is 12.3 Å². The number of amides is 1.